The highest BCUT2D eigenvalue weighted by atomic mass is 35.5. The number of hydrogen-bond donors (Lipinski definition) is 0. The van der Waals surface area contributed by atoms with Gasteiger partial charge in [0.05, 0.1) is 0 Å². The second-order valence-corrected chi connectivity index (χ2v) is 4.74. The molecular formula is C15H15ClO2. The number of hydrogen-bond acceptors (Lipinski definition) is 2. The third-order valence-corrected chi connectivity index (χ3v) is 3.35. The largest absolute Gasteiger partial charge is 0.441 e. The number of rotatable bonds is 4. The molecule has 2 nitrogen and oxygen atoms in total. The Bertz CT molecular complexity index is 540. The van der Waals surface area contributed by atoms with Crippen LogP contribution in [-0.2, 0) is 0 Å². The van der Waals surface area contributed by atoms with Gasteiger partial charge in [-0.15, -0.1) is 0 Å². The van der Waals surface area contributed by atoms with Crippen LogP contribution in [0.5, 0.6) is 0 Å². The van der Waals surface area contributed by atoms with Crippen LogP contribution in [0, 0.1) is 0 Å². The molecule has 1 heterocycles. The van der Waals surface area contributed by atoms with Crippen molar-refractivity contribution in [3.05, 3.63) is 58.5 Å². The van der Waals surface area contributed by atoms with E-state index >= 15 is 0 Å². The smallest absolute Gasteiger partial charge is 0.228 e. The molecule has 94 valence electrons. The van der Waals surface area contributed by atoms with Crippen LogP contribution in [0.15, 0.2) is 40.8 Å². The van der Waals surface area contributed by atoms with E-state index in [0.717, 1.165) is 6.42 Å². The van der Waals surface area contributed by atoms with Gasteiger partial charge in [0.1, 0.15) is 0 Å². The zero-order valence-electron chi connectivity index (χ0n) is 10.4. The second kappa shape index (κ2) is 5.40. The molecule has 0 saturated carbocycles. The quantitative estimate of drug-likeness (QED) is 0.749. The van der Waals surface area contributed by atoms with Gasteiger partial charge in [-0.25, -0.2) is 0 Å². The number of halogens is 1. The Morgan fingerprint density at radius 2 is 1.89 bits per heavy atom. The fraction of sp³-hybridized carbons (Fsp3) is 0.267. The Kier molecular flexibility index (Phi) is 3.87. The predicted octanol–water partition coefficient (Wildman–Crippen LogP) is 4.68. The highest BCUT2D eigenvalue weighted by Gasteiger charge is 2.13. The van der Waals surface area contributed by atoms with Crippen LogP contribution in [0.3, 0.4) is 0 Å². The molecule has 0 aliphatic carbocycles. The fourth-order valence-electron chi connectivity index (χ4n) is 1.78. The zero-order chi connectivity index (χ0) is 13.1. The fourth-order valence-corrected chi connectivity index (χ4v) is 1.92. The first-order valence-electron chi connectivity index (χ1n) is 6.01. The van der Waals surface area contributed by atoms with E-state index in [1.165, 1.54) is 5.56 Å². The minimum Gasteiger partial charge on any atom is -0.441 e. The Morgan fingerprint density at radius 1 is 1.22 bits per heavy atom. The first kappa shape index (κ1) is 12.9. The van der Waals surface area contributed by atoms with E-state index in [1.54, 1.807) is 12.1 Å². The Morgan fingerprint density at radius 3 is 2.39 bits per heavy atom. The van der Waals surface area contributed by atoms with Crippen LogP contribution < -0.4 is 0 Å². The van der Waals surface area contributed by atoms with Crippen LogP contribution in [-0.4, -0.2) is 5.78 Å². The molecule has 2 rings (SSSR count). The molecule has 0 N–H and O–H groups in total. The van der Waals surface area contributed by atoms with Crippen LogP contribution in [0.2, 0.25) is 5.22 Å². The molecule has 3 heteroatoms. The van der Waals surface area contributed by atoms with Crippen molar-refractivity contribution in [1.29, 1.82) is 0 Å². The van der Waals surface area contributed by atoms with Crippen molar-refractivity contribution in [3.8, 4) is 0 Å². The van der Waals surface area contributed by atoms with Gasteiger partial charge in [0.2, 0.25) is 5.78 Å². The topological polar surface area (TPSA) is 30.2 Å². The van der Waals surface area contributed by atoms with Crippen LogP contribution >= 0.6 is 11.6 Å². The van der Waals surface area contributed by atoms with Crippen molar-refractivity contribution in [3.63, 3.8) is 0 Å². The monoisotopic (exact) mass is 262 g/mol. The lowest BCUT2D eigenvalue weighted by Crippen LogP contribution is -2.00. The molecule has 1 aromatic heterocycles. The summed E-state index contributed by atoms with van der Waals surface area (Å²) in [5.41, 5.74) is 1.86. The molecule has 0 amide bonds. The molecule has 2 aromatic rings. The Hall–Kier alpha value is -1.54. The van der Waals surface area contributed by atoms with Crippen molar-refractivity contribution < 1.29 is 9.21 Å². The summed E-state index contributed by atoms with van der Waals surface area (Å²) in [6.07, 6.45) is 1.08. The molecule has 0 aliphatic rings. The molecule has 0 aliphatic heterocycles. The highest BCUT2D eigenvalue weighted by Crippen LogP contribution is 2.21. The summed E-state index contributed by atoms with van der Waals surface area (Å²) in [5, 5.41) is 0.231. The van der Waals surface area contributed by atoms with E-state index in [0.29, 0.717) is 11.5 Å². The molecule has 18 heavy (non-hydrogen) atoms. The summed E-state index contributed by atoms with van der Waals surface area (Å²) < 4.78 is 5.11. The number of ketones is 1. The van der Waals surface area contributed by atoms with Crippen LogP contribution in [0.1, 0.15) is 47.9 Å². The Balaban J connectivity index is 2.22. The average molecular weight is 263 g/mol. The van der Waals surface area contributed by atoms with E-state index in [9.17, 15) is 4.79 Å². The molecule has 0 fully saturated rings. The second-order valence-electron chi connectivity index (χ2n) is 4.36. The van der Waals surface area contributed by atoms with Crippen LogP contribution in [0.25, 0.3) is 0 Å². The first-order valence-corrected chi connectivity index (χ1v) is 6.39. The number of benzene rings is 1. The normalized spacial score (nSPS) is 12.4. The van der Waals surface area contributed by atoms with Crippen molar-refractivity contribution in [2.24, 2.45) is 0 Å². The van der Waals surface area contributed by atoms with E-state index in [4.69, 9.17) is 16.0 Å². The van der Waals surface area contributed by atoms with E-state index in [2.05, 4.69) is 13.8 Å². The molecule has 1 aromatic carbocycles. The zero-order valence-corrected chi connectivity index (χ0v) is 11.2. The van der Waals surface area contributed by atoms with E-state index in [1.807, 2.05) is 24.3 Å². The van der Waals surface area contributed by atoms with E-state index in [-0.39, 0.29) is 16.8 Å². The van der Waals surface area contributed by atoms with Gasteiger partial charge < -0.3 is 4.42 Å². The standard InChI is InChI=1S/C15H15ClO2/c1-3-10(2)11-4-6-12(7-5-11)15(17)13-8-9-14(16)18-13/h4-10H,3H2,1-2H3. The summed E-state index contributed by atoms with van der Waals surface area (Å²) in [6.45, 7) is 4.32. The van der Waals surface area contributed by atoms with Gasteiger partial charge in [0.15, 0.2) is 11.0 Å². The van der Waals surface area contributed by atoms with Gasteiger partial charge in [-0.1, -0.05) is 38.1 Å². The summed E-state index contributed by atoms with van der Waals surface area (Å²) in [7, 11) is 0. The van der Waals surface area contributed by atoms with Gasteiger partial charge >= 0.3 is 0 Å². The van der Waals surface area contributed by atoms with Gasteiger partial charge in [-0.05, 0) is 41.6 Å². The molecular weight excluding hydrogens is 248 g/mol. The average Bonchev–Trinajstić information content (AvgIpc) is 2.84. The maximum atomic E-state index is 12.1. The summed E-state index contributed by atoms with van der Waals surface area (Å²) in [6, 6.07) is 10.8. The molecule has 0 bridgehead atoms. The summed E-state index contributed by atoms with van der Waals surface area (Å²) >= 11 is 5.66. The van der Waals surface area contributed by atoms with Gasteiger partial charge in [-0.3, -0.25) is 4.79 Å². The van der Waals surface area contributed by atoms with Crippen molar-refractivity contribution >= 4 is 17.4 Å². The highest BCUT2D eigenvalue weighted by molar-refractivity contribution is 6.29. The van der Waals surface area contributed by atoms with Crippen molar-refractivity contribution in [2.45, 2.75) is 26.2 Å². The van der Waals surface area contributed by atoms with Crippen molar-refractivity contribution in [1.82, 2.24) is 0 Å². The minimum atomic E-state index is -0.141. The number of carbonyl (C=O) groups is 1. The summed E-state index contributed by atoms with van der Waals surface area (Å²) in [5.74, 6) is 0.640. The van der Waals surface area contributed by atoms with Crippen LogP contribution in [0.4, 0.5) is 0 Å². The number of furan rings is 1. The lowest BCUT2D eigenvalue weighted by atomic mass is 9.96. The molecule has 1 atom stereocenters. The predicted molar refractivity (Wildman–Crippen MR) is 72.3 cm³/mol. The molecule has 0 spiro atoms. The molecule has 0 radical (unpaired) electrons. The third kappa shape index (κ3) is 2.65. The van der Waals surface area contributed by atoms with Gasteiger partial charge in [0, 0.05) is 5.56 Å². The number of carbonyl (C=O) groups excluding carboxylic acids is 1. The first-order chi connectivity index (χ1) is 8.61. The Labute approximate surface area is 112 Å². The third-order valence-electron chi connectivity index (χ3n) is 3.15. The van der Waals surface area contributed by atoms with Gasteiger partial charge in [-0.2, -0.15) is 0 Å². The van der Waals surface area contributed by atoms with E-state index < -0.39 is 0 Å². The minimum absolute atomic E-state index is 0.141. The lowest BCUT2D eigenvalue weighted by Gasteiger charge is -2.08. The maximum Gasteiger partial charge on any atom is 0.228 e. The SMILES string of the molecule is CCC(C)c1ccc(C(=O)c2ccc(Cl)o2)cc1. The summed E-state index contributed by atoms with van der Waals surface area (Å²) in [4.78, 5) is 12.1. The molecule has 1 unspecified atom stereocenters. The van der Waals surface area contributed by atoms with Crippen molar-refractivity contribution in [2.75, 3.05) is 0 Å². The lowest BCUT2D eigenvalue weighted by molar-refractivity contribution is 0.101. The van der Waals surface area contributed by atoms with Gasteiger partial charge in [0.25, 0.3) is 0 Å². The molecule has 0 saturated heterocycles. The maximum absolute atomic E-state index is 12.1.